The SMILES string of the molecule is O=C(Nc1cccc(CNc2nc3c(cnn3-c3ccccc3)c(=O)[nH]2)c1)C1CCCC1. The summed E-state index contributed by atoms with van der Waals surface area (Å²) in [5.41, 5.74) is 2.81. The Morgan fingerprint density at radius 2 is 1.91 bits per heavy atom. The zero-order valence-electron chi connectivity index (χ0n) is 17.5. The number of anilines is 2. The van der Waals surface area contributed by atoms with Crippen LogP contribution in [0.2, 0.25) is 0 Å². The van der Waals surface area contributed by atoms with E-state index in [4.69, 9.17) is 0 Å². The number of hydrogen-bond acceptors (Lipinski definition) is 5. The van der Waals surface area contributed by atoms with Gasteiger partial charge in [0.05, 0.1) is 11.9 Å². The summed E-state index contributed by atoms with van der Waals surface area (Å²) in [6, 6.07) is 17.3. The van der Waals surface area contributed by atoms with E-state index < -0.39 is 0 Å². The Labute approximate surface area is 184 Å². The minimum Gasteiger partial charge on any atom is -0.352 e. The van der Waals surface area contributed by atoms with Crippen LogP contribution in [-0.4, -0.2) is 25.7 Å². The van der Waals surface area contributed by atoms with Crippen LogP contribution in [0.25, 0.3) is 16.7 Å². The maximum atomic E-state index is 12.5. The number of rotatable bonds is 6. The van der Waals surface area contributed by atoms with Crippen molar-refractivity contribution in [3.8, 4) is 5.69 Å². The molecule has 1 aliphatic carbocycles. The molecule has 2 heterocycles. The minimum absolute atomic E-state index is 0.0956. The van der Waals surface area contributed by atoms with Crippen molar-refractivity contribution in [2.45, 2.75) is 32.2 Å². The van der Waals surface area contributed by atoms with Gasteiger partial charge in [0, 0.05) is 18.2 Å². The first kappa shape index (κ1) is 20.0. The fourth-order valence-electron chi connectivity index (χ4n) is 4.14. The fraction of sp³-hybridized carbons (Fsp3) is 0.250. The molecule has 0 radical (unpaired) electrons. The van der Waals surface area contributed by atoms with E-state index in [1.165, 1.54) is 6.20 Å². The molecule has 0 bridgehead atoms. The number of aromatic nitrogens is 4. The van der Waals surface area contributed by atoms with E-state index in [9.17, 15) is 9.59 Å². The van der Waals surface area contributed by atoms with Crippen LogP contribution in [0.5, 0.6) is 0 Å². The van der Waals surface area contributed by atoms with E-state index in [1.54, 1.807) is 4.68 Å². The van der Waals surface area contributed by atoms with E-state index in [2.05, 4.69) is 25.7 Å². The molecule has 1 amide bonds. The van der Waals surface area contributed by atoms with Crippen LogP contribution >= 0.6 is 0 Å². The number of carbonyl (C=O) groups excluding carboxylic acids is 1. The molecule has 4 aromatic rings. The number of hydrogen-bond donors (Lipinski definition) is 3. The lowest BCUT2D eigenvalue weighted by Gasteiger charge is -2.12. The third kappa shape index (κ3) is 4.12. The van der Waals surface area contributed by atoms with Gasteiger partial charge in [-0.15, -0.1) is 0 Å². The lowest BCUT2D eigenvalue weighted by atomic mass is 10.1. The maximum Gasteiger partial charge on any atom is 0.263 e. The highest BCUT2D eigenvalue weighted by molar-refractivity contribution is 5.92. The van der Waals surface area contributed by atoms with Crippen molar-refractivity contribution >= 4 is 28.6 Å². The second-order valence-corrected chi connectivity index (χ2v) is 8.07. The molecule has 2 aromatic carbocycles. The molecule has 5 rings (SSSR count). The fourth-order valence-corrected chi connectivity index (χ4v) is 4.14. The Balaban J connectivity index is 1.33. The number of para-hydroxylation sites is 1. The van der Waals surface area contributed by atoms with Crippen LogP contribution in [0.4, 0.5) is 11.6 Å². The second-order valence-electron chi connectivity index (χ2n) is 8.07. The summed E-state index contributed by atoms with van der Waals surface area (Å²) in [6.45, 7) is 0.445. The molecule has 162 valence electrons. The van der Waals surface area contributed by atoms with Gasteiger partial charge in [-0.2, -0.15) is 10.1 Å². The zero-order chi connectivity index (χ0) is 21.9. The van der Waals surface area contributed by atoms with Crippen LogP contribution in [0.15, 0.2) is 65.6 Å². The lowest BCUT2D eigenvalue weighted by Crippen LogP contribution is -2.20. The van der Waals surface area contributed by atoms with Gasteiger partial charge in [0.1, 0.15) is 5.39 Å². The number of benzene rings is 2. The van der Waals surface area contributed by atoms with E-state index in [-0.39, 0.29) is 17.4 Å². The van der Waals surface area contributed by atoms with Gasteiger partial charge < -0.3 is 10.6 Å². The van der Waals surface area contributed by atoms with Gasteiger partial charge in [-0.25, -0.2) is 4.68 Å². The third-order valence-electron chi connectivity index (χ3n) is 5.82. The molecule has 32 heavy (non-hydrogen) atoms. The van der Waals surface area contributed by atoms with Crippen molar-refractivity contribution < 1.29 is 4.79 Å². The second kappa shape index (κ2) is 8.66. The highest BCUT2D eigenvalue weighted by Crippen LogP contribution is 2.26. The van der Waals surface area contributed by atoms with E-state index >= 15 is 0 Å². The van der Waals surface area contributed by atoms with Crippen LogP contribution in [-0.2, 0) is 11.3 Å². The Bertz CT molecular complexity index is 1310. The molecule has 0 saturated heterocycles. The third-order valence-corrected chi connectivity index (χ3v) is 5.82. The smallest absolute Gasteiger partial charge is 0.263 e. The predicted molar refractivity (Wildman–Crippen MR) is 124 cm³/mol. The molecular weight excluding hydrogens is 404 g/mol. The number of nitrogens with one attached hydrogen (secondary N) is 3. The largest absolute Gasteiger partial charge is 0.352 e. The van der Waals surface area contributed by atoms with Crippen molar-refractivity contribution in [2.24, 2.45) is 5.92 Å². The lowest BCUT2D eigenvalue weighted by molar-refractivity contribution is -0.119. The van der Waals surface area contributed by atoms with Crippen molar-refractivity contribution in [2.75, 3.05) is 10.6 Å². The van der Waals surface area contributed by atoms with Gasteiger partial charge in [-0.3, -0.25) is 14.6 Å². The van der Waals surface area contributed by atoms with Crippen molar-refractivity contribution in [1.29, 1.82) is 0 Å². The average Bonchev–Trinajstić information content (AvgIpc) is 3.49. The Morgan fingerprint density at radius 1 is 1.09 bits per heavy atom. The first-order valence-corrected chi connectivity index (χ1v) is 10.8. The summed E-state index contributed by atoms with van der Waals surface area (Å²) < 4.78 is 1.65. The van der Waals surface area contributed by atoms with E-state index in [0.717, 1.165) is 42.6 Å². The summed E-state index contributed by atoms with van der Waals surface area (Å²) >= 11 is 0. The van der Waals surface area contributed by atoms with Crippen molar-refractivity contribution in [1.82, 2.24) is 19.7 Å². The summed E-state index contributed by atoms with van der Waals surface area (Å²) in [6.07, 6.45) is 5.71. The zero-order valence-corrected chi connectivity index (χ0v) is 17.5. The quantitative estimate of drug-likeness (QED) is 0.433. The molecule has 3 N–H and O–H groups in total. The van der Waals surface area contributed by atoms with Gasteiger partial charge in [-0.1, -0.05) is 43.2 Å². The van der Waals surface area contributed by atoms with Gasteiger partial charge >= 0.3 is 0 Å². The number of amides is 1. The standard InChI is InChI=1S/C24H24N6O2/c31-22(17-8-4-5-9-17)27-18-10-6-7-16(13-18)14-25-24-28-21-20(23(32)29-24)15-26-30(21)19-11-2-1-3-12-19/h1-3,6-7,10-13,15,17H,4-5,8-9,14H2,(H,27,31)(H2,25,28,29,32). The monoisotopic (exact) mass is 428 g/mol. The number of fused-ring (bicyclic) bond motifs is 1. The molecule has 0 unspecified atom stereocenters. The van der Waals surface area contributed by atoms with Crippen molar-refractivity contribution in [3.63, 3.8) is 0 Å². The molecule has 1 fully saturated rings. The Hall–Kier alpha value is -3.94. The number of carbonyl (C=O) groups is 1. The van der Waals surface area contributed by atoms with Crippen LogP contribution in [0.3, 0.4) is 0 Å². The minimum atomic E-state index is -0.253. The molecule has 0 spiro atoms. The highest BCUT2D eigenvalue weighted by Gasteiger charge is 2.22. The number of H-pyrrole nitrogens is 1. The normalized spacial score (nSPS) is 14.0. The predicted octanol–water partition coefficient (Wildman–Crippen LogP) is 3.85. The van der Waals surface area contributed by atoms with Gasteiger partial charge in [-0.05, 0) is 42.7 Å². The van der Waals surface area contributed by atoms with Gasteiger partial charge in [0.2, 0.25) is 11.9 Å². The van der Waals surface area contributed by atoms with E-state index in [1.807, 2.05) is 54.6 Å². The summed E-state index contributed by atoms with van der Waals surface area (Å²) in [4.78, 5) is 32.3. The highest BCUT2D eigenvalue weighted by atomic mass is 16.2. The van der Waals surface area contributed by atoms with Crippen molar-refractivity contribution in [3.05, 3.63) is 76.7 Å². The van der Waals surface area contributed by atoms with Gasteiger partial charge in [0.15, 0.2) is 5.65 Å². The number of nitrogens with zero attached hydrogens (tertiary/aromatic N) is 3. The average molecular weight is 428 g/mol. The molecule has 0 aliphatic heterocycles. The maximum absolute atomic E-state index is 12.5. The number of aromatic amines is 1. The molecule has 0 atom stereocenters. The van der Waals surface area contributed by atoms with Crippen LogP contribution in [0.1, 0.15) is 31.2 Å². The van der Waals surface area contributed by atoms with Crippen LogP contribution < -0.4 is 16.2 Å². The van der Waals surface area contributed by atoms with Crippen LogP contribution in [0, 0.1) is 5.92 Å². The van der Waals surface area contributed by atoms with Gasteiger partial charge in [0.25, 0.3) is 5.56 Å². The van der Waals surface area contributed by atoms with E-state index in [0.29, 0.717) is 23.5 Å². The first-order chi connectivity index (χ1) is 15.7. The first-order valence-electron chi connectivity index (χ1n) is 10.8. The summed E-state index contributed by atoms with van der Waals surface area (Å²) in [5, 5.41) is 11.0. The summed E-state index contributed by atoms with van der Waals surface area (Å²) in [7, 11) is 0. The molecule has 8 heteroatoms. The molecule has 2 aromatic heterocycles. The Kier molecular flexibility index (Phi) is 5.41. The topological polar surface area (TPSA) is 105 Å². The molecule has 1 saturated carbocycles. The summed E-state index contributed by atoms with van der Waals surface area (Å²) in [5.74, 6) is 0.575. The Morgan fingerprint density at radius 3 is 2.72 bits per heavy atom. The molecular formula is C24H24N6O2. The molecule has 8 nitrogen and oxygen atoms in total. The molecule has 1 aliphatic rings.